The van der Waals surface area contributed by atoms with Crippen molar-refractivity contribution in [2.45, 2.75) is 26.3 Å². The van der Waals surface area contributed by atoms with Crippen molar-refractivity contribution in [1.82, 2.24) is 5.32 Å². The van der Waals surface area contributed by atoms with E-state index in [1.807, 2.05) is 0 Å². The minimum absolute atomic E-state index is 0.0759. The summed E-state index contributed by atoms with van der Waals surface area (Å²) < 4.78 is 0. The van der Waals surface area contributed by atoms with Crippen molar-refractivity contribution in [3.05, 3.63) is 0 Å². The number of carbonyl (C=O) groups is 3. The summed E-state index contributed by atoms with van der Waals surface area (Å²) >= 11 is 1.22. The summed E-state index contributed by atoms with van der Waals surface area (Å²) in [5.74, 6) is -0.890. The van der Waals surface area contributed by atoms with Gasteiger partial charge in [0.05, 0.1) is 5.75 Å². The number of thioether (sulfide) groups is 1. The Bertz CT molecular complexity index is 254. The van der Waals surface area contributed by atoms with E-state index < -0.39 is 12.0 Å². The number of carboxylic acids is 1. The Balaban J connectivity index is 3.91. The minimum Gasteiger partial charge on any atom is -0.480 e. The molecule has 86 valence electrons. The third-order valence-electron chi connectivity index (χ3n) is 1.62. The van der Waals surface area contributed by atoms with E-state index in [9.17, 15) is 14.4 Å². The van der Waals surface area contributed by atoms with E-state index in [4.69, 9.17) is 5.11 Å². The summed E-state index contributed by atoms with van der Waals surface area (Å²) in [6, 6.07) is -0.919. The highest BCUT2D eigenvalue weighted by atomic mass is 32.2. The Morgan fingerprint density at radius 1 is 1.40 bits per heavy atom. The van der Waals surface area contributed by atoms with Gasteiger partial charge in [-0.25, -0.2) is 4.79 Å². The van der Waals surface area contributed by atoms with E-state index in [-0.39, 0.29) is 17.4 Å². The molecule has 0 bridgehead atoms. The van der Waals surface area contributed by atoms with Crippen molar-refractivity contribution in [3.8, 4) is 0 Å². The number of nitrogens with one attached hydrogen (secondary N) is 1. The van der Waals surface area contributed by atoms with Crippen LogP contribution in [-0.4, -0.2) is 40.3 Å². The van der Waals surface area contributed by atoms with Gasteiger partial charge in [-0.2, -0.15) is 11.8 Å². The summed E-state index contributed by atoms with van der Waals surface area (Å²) in [5, 5.41) is 11.0. The molecular weight excluding hydrogens is 218 g/mol. The van der Waals surface area contributed by atoms with Gasteiger partial charge in [-0.05, 0) is 0 Å². The van der Waals surface area contributed by atoms with Crippen LogP contribution in [0.1, 0.15) is 20.3 Å². The van der Waals surface area contributed by atoms with E-state index in [0.29, 0.717) is 12.2 Å². The Kier molecular flexibility index (Phi) is 6.77. The second-order valence-electron chi connectivity index (χ2n) is 3.00. The Morgan fingerprint density at radius 3 is 2.40 bits per heavy atom. The fourth-order valence-electron chi connectivity index (χ4n) is 0.813. The molecule has 0 saturated heterocycles. The quantitative estimate of drug-likeness (QED) is 0.660. The first-order valence-electron chi connectivity index (χ1n) is 4.56. The number of amides is 1. The van der Waals surface area contributed by atoms with Crippen molar-refractivity contribution in [2.24, 2.45) is 0 Å². The number of Topliss-reactive ketones (excluding diaryl/α,β-unsaturated/α-hetero) is 1. The topological polar surface area (TPSA) is 83.5 Å². The van der Waals surface area contributed by atoms with E-state index in [2.05, 4.69) is 5.32 Å². The predicted molar refractivity (Wildman–Crippen MR) is 57.9 cm³/mol. The van der Waals surface area contributed by atoms with E-state index in [1.165, 1.54) is 18.7 Å². The molecule has 0 aromatic heterocycles. The number of carbonyl (C=O) groups excluding carboxylic acids is 2. The maximum atomic E-state index is 10.9. The van der Waals surface area contributed by atoms with Crippen LogP contribution in [0.4, 0.5) is 0 Å². The minimum atomic E-state index is -1.08. The first-order chi connectivity index (χ1) is 6.97. The molecule has 1 atom stereocenters. The molecule has 0 unspecified atom stereocenters. The number of ketones is 1. The smallest absolute Gasteiger partial charge is 0.327 e. The second kappa shape index (κ2) is 7.28. The van der Waals surface area contributed by atoms with Crippen LogP contribution in [0.25, 0.3) is 0 Å². The highest BCUT2D eigenvalue weighted by Gasteiger charge is 2.18. The number of hydrogen-bond donors (Lipinski definition) is 2. The van der Waals surface area contributed by atoms with Crippen LogP contribution in [0.3, 0.4) is 0 Å². The second-order valence-corrected chi connectivity index (χ2v) is 4.03. The molecule has 0 heterocycles. The van der Waals surface area contributed by atoms with Gasteiger partial charge in [0.15, 0.2) is 0 Å². The van der Waals surface area contributed by atoms with Gasteiger partial charge in [0.2, 0.25) is 5.91 Å². The molecule has 2 N–H and O–H groups in total. The zero-order valence-corrected chi connectivity index (χ0v) is 9.60. The van der Waals surface area contributed by atoms with Crippen LogP contribution < -0.4 is 5.32 Å². The largest absolute Gasteiger partial charge is 0.480 e. The van der Waals surface area contributed by atoms with Crippen LogP contribution >= 0.6 is 11.8 Å². The molecule has 0 radical (unpaired) electrons. The summed E-state index contributed by atoms with van der Waals surface area (Å²) in [6.45, 7) is 3.02. The van der Waals surface area contributed by atoms with Crippen molar-refractivity contribution in [3.63, 3.8) is 0 Å². The van der Waals surface area contributed by atoms with Gasteiger partial charge in [-0.15, -0.1) is 0 Å². The van der Waals surface area contributed by atoms with Gasteiger partial charge in [0, 0.05) is 19.1 Å². The molecule has 1 amide bonds. The normalized spacial score (nSPS) is 11.9. The first-order valence-corrected chi connectivity index (χ1v) is 5.72. The lowest BCUT2D eigenvalue weighted by Gasteiger charge is -2.11. The van der Waals surface area contributed by atoms with Crippen molar-refractivity contribution >= 4 is 29.4 Å². The maximum absolute atomic E-state index is 10.9. The van der Waals surface area contributed by atoms with Crippen LogP contribution in [-0.2, 0) is 14.4 Å². The van der Waals surface area contributed by atoms with Crippen LogP contribution in [0.5, 0.6) is 0 Å². The van der Waals surface area contributed by atoms with Crippen molar-refractivity contribution in [1.29, 1.82) is 0 Å². The molecule has 0 spiro atoms. The van der Waals surface area contributed by atoms with Crippen LogP contribution in [0, 0.1) is 0 Å². The first kappa shape index (κ1) is 14.0. The van der Waals surface area contributed by atoms with Gasteiger partial charge in [0.1, 0.15) is 11.8 Å². The molecule has 0 saturated carbocycles. The van der Waals surface area contributed by atoms with Crippen molar-refractivity contribution in [2.75, 3.05) is 11.5 Å². The third kappa shape index (κ3) is 6.96. The molecule has 0 aliphatic carbocycles. The highest BCUT2D eigenvalue weighted by molar-refractivity contribution is 8.00. The Morgan fingerprint density at radius 2 is 2.00 bits per heavy atom. The molecule has 0 rings (SSSR count). The van der Waals surface area contributed by atoms with E-state index in [1.54, 1.807) is 6.92 Å². The van der Waals surface area contributed by atoms with Gasteiger partial charge in [-0.3, -0.25) is 9.59 Å². The molecule has 0 aliphatic heterocycles. The molecule has 6 heteroatoms. The predicted octanol–water partition coefficient (Wildman–Crippen LogP) is 0.288. The molecular formula is C9H15NO4S. The molecule has 0 fully saturated rings. The van der Waals surface area contributed by atoms with E-state index >= 15 is 0 Å². The van der Waals surface area contributed by atoms with Gasteiger partial charge in [-0.1, -0.05) is 6.92 Å². The summed E-state index contributed by atoms with van der Waals surface area (Å²) in [5.41, 5.74) is 0. The molecule has 5 nitrogen and oxygen atoms in total. The lowest BCUT2D eigenvalue weighted by atomic mass is 10.3. The SMILES string of the molecule is CCC(=O)CSC[C@H](NC(C)=O)C(=O)O. The van der Waals surface area contributed by atoms with Gasteiger partial charge >= 0.3 is 5.97 Å². The zero-order valence-electron chi connectivity index (χ0n) is 8.78. The Hall–Kier alpha value is -1.04. The van der Waals surface area contributed by atoms with Gasteiger partial charge < -0.3 is 10.4 Å². The highest BCUT2D eigenvalue weighted by Crippen LogP contribution is 2.04. The average Bonchev–Trinajstić information content (AvgIpc) is 2.15. The molecule has 0 aromatic carbocycles. The maximum Gasteiger partial charge on any atom is 0.327 e. The summed E-state index contributed by atoms with van der Waals surface area (Å²) in [7, 11) is 0. The fraction of sp³-hybridized carbons (Fsp3) is 0.667. The van der Waals surface area contributed by atoms with Crippen LogP contribution in [0.2, 0.25) is 0 Å². The Labute approximate surface area is 92.6 Å². The molecule has 15 heavy (non-hydrogen) atoms. The molecule has 0 aliphatic rings. The summed E-state index contributed by atoms with van der Waals surface area (Å²) in [6.07, 6.45) is 0.449. The van der Waals surface area contributed by atoms with E-state index in [0.717, 1.165) is 0 Å². The number of hydrogen-bond acceptors (Lipinski definition) is 4. The summed E-state index contributed by atoms with van der Waals surface area (Å²) in [4.78, 5) is 32.3. The third-order valence-corrected chi connectivity index (χ3v) is 2.71. The lowest BCUT2D eigenvalue weighted by Crippen LogP contribution is -2.41. The van der Waals surface area contributed by atoms with Crippen LogP contribution in [0.15, 0.2) is 0 Å². The lowest BCUT2D eigenvalue weighted by molar-refractivity contribution is -0.140. The standard InChI is InChI=1S/C9H15NO4S/c1-3-7(12)4-15-5-8(9(13)14)10-6(2)11/h8H,3-5H2,1-2H3,(H,10,11)(H,13,14)/t8-/m0/s1. The number of aliphatic carboxylic acids is 1. The van der Waals surface area contributed by atoms with Crippen molar-refractivity contribution < 1.29 is 19.5 Å². The zero-order chi connectivity index (χ0) is 11.8. The molecule has 0 aromatic rings. The average molecular weight is 233 g/mol. The fourth-order valence-corrected chi connectivity index (χ4v) is 1.82. The monoisotopic (exact) mass is 233 g/mol. The number of rotatable bonds is 7. The number of carboxylic acid groups (broad SMARTS) is 1. The van der Waals surface area contributed by atoms with Gasteiger partial charge in [0.25, 0.3) is 0 Å².